The number of phenols is 1. The van der Waals surface area contributed by atoms with Gasteiger partial charge >= 0.3 is 69.2 Å². The second kappa shape index (κ2) is 8.32. The maximum absolute atomic E-state index is 11.8. The molecule has 0 heterocycles. The molecule has 0 atom stereocenters. The number of aromatic hydroxyl groups is 1. The van der Waals surface area contributed by atoms with Gasteiger partial charge in [-0.25, -0.2) is 0 Å². The zero-order chi connectivity index (χ0) is 12.3. The molecule has 0 spiro atoms. The Bertz CT molecular complexity index is 607. The molecule has 0 saturated heterocycles. The largest absolute Gasteiger partial charge is 1.00 e. The average molecular weight is 298 g/mol. The Balaban J connectivity index is -0.000000810. The first-order valence-corrected chi connectivity index (χ1v) is 6.27. The summed E-state index contributed by atoms with van der Waals surface area (Å²) in [5, 5.41) is 9.07. The Morgan fingerprint density at radius 1 is 0.895 bits per heavy atom. The fourth-order valence-electron chi connectivity index (χ4n) is 1.26. The molecule has 0 saturated carbocycles. The van der Waals surface area contributed by atoms with Gasteiger partial charge in [0.2, 0.25) is 0 Å². The monoisotopic (exact) mass is 298 g/mol. The van der Waals surface area contributed by atoms with Crippen molar-refractivity contribution in [2.45, 2.75) is 4.90 Å². The van der Waals surface area contributed by atoms with Gasteiger partial charge in [0.25, 0.3) is 0 Å². The van der Waals surface area contributed by atoms with Gasteiger partial charge in [-0.05, 0) is 36.4 Å². The van der Waals surface area contributed by atoms with Gasteiger partial charge in [0.05, 0.1) is 0 Å². The van der Waals surface area contributed by atoms with Gasteiger partial charge in [-0.15, -0.1) is 0 Å². The minimum atomic E-state index is -3.81. The van der Waals surface area contributed by atoms with Crippen molar-refractivity contribution >= 4 is 10.1 Å². The van der Waals surface area contributed by atoms with E-state index in [-0.39, 0.29) is 78.4 Å². The second-order valence-electron chi connectivity index (χ2n) is 3.34. The van der Waals surface area contributed by atoms with E-state index in [1.165, 1.54) is 36.4 Å². The normalized spacial score (nSPS) is 9.89. The molecule has 2 rings (SSSR count). The van der Waals surface area contributed by atoms with Gasteiger partial charge in [0, 0.05) is 0 Å². The molecule has 0 radical (unpaired) electrons. The molecule has 0 aliphatic carbocycles. The van der Waals surface area contributed by atoms with Crippen LogP contribution in [0.5, 0.6) is 11.5 Å². The van der Waals surface area contributed by atoms with Gasteiger partial charge in [-0.3, -0.25) is 0 Å². The number of hydrogen-bond donors (Lipinski definition) is 1. The summed E-state index contributed by atoms with van der Waals surface area (Å²) >= 11 is 0. The summed E-state index contributed by atoms with van der Waals surface area (Å²) < 4.78 is 28.5. The summed E-state index contributed by atoms with van der Waals surface area (Å²) in [6.45, 7) is 0. The van der Waals surface area contributed by atoms with Crippen LogP contribution in [0.3, 0.4) is 0 Å². The van der Waals surface area contributed by atoms with Gasteiger partial charge in [-0.1, -0.05) is 18.2 Å². The summed E-state index contributed by atoms with van der Waals surface area (Å²) in [7, 11) is -3.81. The van der Waals surface area contributed by atoms with Crippen molar-refractivity contribution in [2.75, 3.05) is 0 Å². The molecule has 19 heavy (non-hydrogen) atoms. The zero-order valence-corrected chi connectivity index (χ0v) is 15.6. The second-order valence-corrected chi connectivity index (χ2v) is 4.89. The molecule has 0 fully saturated rings. The average Bonchev–Trinajstić information content (AvgIpc) is 2.33. The topological polar surface area (TPSA) is 63.6 Å². The summed E-state index contributed by atoms with van der Waals surface area (Å²) in [4.78, 5) is 0.0908. The van der Waals surface area contributed by atoms with E-state index in [2.05, 4.69) is 0 Å². The van der Waals surface area contributed by atoms with Gasteiger partial charge in [-0.2, -0.15) is 8.42 Å². The molecule has 1 N–H and O–H groups in total. The zero-order valence-electron chi connectivity index (χ0n) is 12.8. The van der Waals surface area contributed by atoms with Crippen molar-refractivity contribution in [1.29, 1.82) is 0 Å². The summed E-state index contributed by atoms with van der Waals surface area (Å²) in [6.07, 6.45) is 0. The fourth-order valence-corrected chi connectivity index (χ4v) is 2.21. The third kappa shape index (κ3) is 5.47. The Labute approximate surface area is 159 Å². The minimum Gasteiger partial charge on any atom is -1.00 e. The van der Waals surface area contributed by atoms with E-state index in [0.29, 0.717) is 0 Å². The van der Waals surface area contributed by atoms with E-state index >= 15 is 0 Å². The van der Waals surface area contributed by atoms with Crippen LogP contribution in [0.25, 0.3) is 0 Å². The summed E-state index contributed by atoms with van der Waals surface area (Å²) in [5.41, 5.74) is 0. The predicted molar refractivity (Wildman–Crippen MR) is 64.6 cm³/mol. The van der Waals surface area contributed by atoms with E-state index in [1.54, 1.807) is 18.2 Å². The molecular weight excluding hydrogens is 286 g/mol. The maximum atomic E-state index is 11.8. The van der Waals surface area contributed by atoms with E-state index in [9.17, 15) is 8.42 Å². The molecule has 0 amide bonds. The van der Waals surface area contributed by atoms with Gasteiger partial charge in [0.15, 0.2) is 0 Å². The van der Waals surface area contributed by atoms with Gasteiger partial charge in [0.1, 0.15) is 16.4 Å². The van der Waals surface area contributed by atoms with E-state index in [0.717, 1.165) is 0 Å². The van der Waals surface area contributed by atoms with E-state index in [1.807, 2.05) is 0 Å². The number of rotatable bonds is 3. The standard InChI is InChI=1S/C12H10O4S.2Na.2H/c13-10-6-8-11(9-7-10)16-17(14,15)12-4-2-1-3-5-12;;;;/h1-9,13H;;;;/q;2*+1;2*-1. The molecule has 4 nitrogen and oxygen atoms in total. The molecule has 7 heteroatoms. The van der Waals surface area contributed by atoms with Crippen molar-refractivity contribution in [2.24, 2.45) is 0 Å². The van der Waals surface area contributed by atoms with Crippen molar-refractivity contribution < 1.29 is 79.7 Å². The predicted octanol–water partition coefficient (Wildman–Crippen LogP) is -3.61. The first-order chi connectivity index (χ1) is 8.08. The van der Waals surface area contributed by atoms with Crippen molar-refractivity contribution in [3.8, 4) is 11.5 Å². The molecule has 2 aromatic rings. The SMILES string of the molecule is O=S(=O)(Oc1ccc(O)cc1)c1ccccc1.[H-].[H-].[Na+].[Na+]. The van der Waals surface area contributed by atoms with Crippen LogP contribution in [0.2, 0.25) is 0 Å². The van der Waals surface area contributed by atoms with E-state index < -0.39 is 10.1 Å². The van der Waals surface area contributed by atoms with E-state index in [4.69, 9.17) is 9.29 Å². The molecule has 0 bridgehead atoms. The third-order valence-electron chi connectivity index (χ3n) is 2.07. The Kier molecular flexibility index (Phi) is 8.31. The Morgan fingerprint density at radius 3 is 1.95 bits per heavy atom. The Morgan fingerprint density at radius 2 is 1.42 bits per heavy atom. The summed E-state index contributed by atoms with van der Waals surface area (Å²) in [5.74, 6) is 0.209. The Hall–Kier alpha value is -0.01000. The smallest absolute Gasteiger partial charge is 1.00 e. The molecule has 92 valence electrons. The van der Waals surface area contributed by atoms with Crippen LogP contribution in [-0.4, -0.2) is 13.5 Å². The van der Waals surface area contributed by atoms with Crippen LogP contribution >= 0.6 is 0 Å². The number of hydrogen-bond acceptors (Lipinski definition) is 4. The number of benzene rings is 2. The molecule has 0 aromatic heterocycles. The van der Waals surface area contributed by atoms with Crippen LogP contribution in [0.1, 0.15) is 2.85 Å². The summed E-state index contributed by atoms with van der Waals surface area (Å²) in [6, 6.07) is 13.3. The first-order valence-electron chi connectivity index (χ1n) is 4.86. The molecule has 0 aliphatic rings. The van der Waals surface area contributed by atoms with Crippen LogP contribution < -0.4 is 63.3 Å². The third-order valence-corrected chi connectivity index (χ3v) is 3.34. The molecule has 0 unspecified atom stereocenters. The first kappa shape index (κ1) is 19.0. The van der Waals surface area contributed by atoms with Crippen LogP contribution in [0.15, 0.2) is 59.5 Å². The van der Waals surface area contributed by atoms with Gasteiger partial charge < -0.3 is 12.1 Å². The van der Waals surface area contributed by atoms with Crippen molar-refractivity contribution in [1.82, 2.24) is 0 Å². The maximum Gasteiger partial charge on any atom is 1.00 e. The molecule has 2 aromatic carbocycles. The van der Waals surface area contributed by atoms with Crippen molar-refractivity contribution in [3.63, 3.8) is 0 Å². The van der Waals surface area contributed by atoms with Crippen LogP contribution in [0, 0.1) is 0 Å². The molecular formula is C12H12Na2O4S. The van der Waals surface area contributed by atoms with Crippen molar-refractivity contribution in [3.05, 3.63) is 54.6 Å². The van der Waals surface area contributed by atoms with Crippen LogP contribution in [0.4, 0.5) is 0 Å². The fraction of sp³-hybridized carbons (Fsp3) is 0. The molecule has 0 aliphatic heterocycles. The minimum absolute atomic E-state index is 0. The van der Waals surface area contributed by atoms with Crippen LogP contribution in [-0.2, 0) is 10.1 Å². The number of phenolic OH excluding ortho intramolecular Hbond substituents is 1. The quantitative estimate of drug-likeness (QED) is 0.470.